The summed E-state index contributed by atoms with van der Waals surface area (Å²) in [6.07, 6.45) is 4.13. The second-order valence-corrected chi connectivity index (χ2v) is 6.60. The van der Waals surface area contributed by atoms with Gasteiger partial charge in [-0.25, -0.2) is 9.98 Å². The van der Waals surface area contributed by atoms with Crippen LogP contribution in [0.25, 0.3) is 22.2 Å². The zero-order chi connectivity index (χ0) is 18.6. The van der Waals surface area contributed by atoms with Crippen LogP contribution in [0.3, 0.4) is 0 Å². The van der Waals surface area contributed by atoms with E-state index in [0.717, 1.165) is 28.7 Å². The zero-order valence-corrected chi connectivity index (χ0v) is 14.8. The van der Waals surface area contributed by atoms with Crippen molar-refractivity contribution >= 4 is 29.1 Å². The molecule has 4 rings (SSSR count). The molecule has 27 heavy (non-hydrogen) atoms. The Morgan fingerprint density at radius 2 is 1.93 bits per heavy atom. The van der Waals surface area contributed by atoms with E-state index in [-0.39, 0.29) is 17.8 Å². The molecule has 2 atom stereocenters. The fourth-order valence-electron chi connectivity index (χ4n) is 3.21. The van der Waals surface area contributed by atoms with E-state index in [1.165, 1.54) is 0 Å². The molecule has 6 nitrogen and oxygen atoms in total. The smallest absolute Gasteiger partial charge is 0.124 e. The number of para-hydroxylation sites is 2. The zero-order valence-electron chi connectivity index (χ0n) is 14.8. The lowest BCUT2D eigenvalue weighted by Gasteiger charge is -2.17. The third kappa shape index (κ3) is 3.80. The standard InChI is InChI=1S/C21H21N5O/c22-14(9-15-12-23-13-25-15)11-24-19-10-20(17-6-2-4-8-21(17)27)26-18-7-3-1-5-16(18)19/h1-8,10,12-15,27H,9,11,22H2,(H,24,26)/t14-,15?/m1/s1. The van der Waals surface area contributed by atoms with Crippen LogP contribution in [-0.4, -0.2) is 41.3 Å². The summed E-state index contributed by atoms with van der Waals surface area (Å²) < 4.78 is 0. The highest BCUT2D eigenvalue weighted by molar-refractivity contribution is 5.94. The van der Waals surface area contributed by atoms with Crippen LogP contribution < -0.4 is 11.1 Å². The van der Waals surface area contributed by atoms with Crippen LogP contribution in [0, 0.1) is 0 Å². The molecule has 2 heterocycles. The summed E-state index contributed by atoms with van der Waals surface area (Å²) in [5.74, 6) is 0.210. The second kappa shape index (κ2) is 7.55. The van der Waals surface area contributed by atoms with Crippen LogP contribution in [0.4, 0.5) is 5.69 Å². The molecule has 4 N–H and O–H groups in total. The van der Waals surface area contributed by atoms with E-state index >= 15 is 0 Å². The normalized spacial score (nSPS) is 16.7. The number of aromatic nitrogens is 1. The van der Waals surface area contributed by atoms with Crippen LogP contribution in [0.5, 0.6) is 5.75 Å². The van der Waals surface area contributed by atoms with Gasteiger partial charge in [-0.2, -0.15) is 0 Å². The summed E-state index contributed by atoms with van der Waals surface area (Å²) in [5, 5.41) is 14.7. The summed E-state index contributed by atoms with van der Waals surface area (Å²) in [5.41, 5.74) is 9.49. The van der Waals surface area contributed by atoms with Gasteiger partial charge in [0.15, 0.2) is 0 Å². The maximum Gasteiger partial charge on any atom is 0.124 e. The maximum absolute atomic E-state index is 10.2. The number of aliphatic imine (C=N–C) groups is 2. The van der Waals surface area contributed by atoms with Crippen molar-refractivity contribution in [2.45, 2.75) is 18.5 Å². The average molecular weight is 359 g/mol. The summed E-state index contributed by atoms with van der Waals surface area (Å²) >= 11 is 0. The lowest BCUT2D eigenvalue weighted by Crippen LogP contribution is -2.32. The van der Waals surface area contributed by atoms with Crippen molar-refractivity contribution in [1.29, 1.82) is 0 Å². The van der Waals surface area contributed by atoms with Crippen LogP contribution >= 0.6 is 0 Å². The summed E-state index contributed by atoms with van der Waals surface area (Å²) in [4.78, 5) is 13.0. The number of benzene rings is 2. The number of phenolic OH excluding ortho intramolecular Hbond substituents is 1. The largest absolute Gasteiger partial charge is 0.507 e. The molecular weight excluding hydrogens is 338 g/mol. The number of pyridine rings is 1. The van der Waals surface area contributed by atoms with Gasteiger partial charge in [0.1, 0.15) is 12.1 Å². The van der Waals surface area contributed by atoms with Crippen molar-refractivity contribution in [2.75, 3.05) is 11.9 Å². The SMILES string of the molecule is N[C@@H](CNc1cc(-c2ccccc2O)nc2ccccc12)CC1C=NC=N1. The maximum atomic E-state index is 10.2. The molecule has 1 aromatic heterocycles. The van der Waals surface area contributed by atoms with Gasteiger partial charge in [0, 0.05) is 35.4 Å². The Bertz CT molecular complexity index is 1000. The topological polar surface area (TPSA) is 95.9 Å². The number of hydrogen-bond acceptors (Lipinski definition) is 6. The predicted molar refractivity (Wildman–Crippen MR) is 111 cm³/mol. The van der Waals surface area contributed by atoms with Crippen molar-refractivity contribution in [2.24, 2.45) is 15.7 Å². The highest BCUT2D eigenvalue weighted by Crippen LogP contribution is 2.32. The minimum Gasteiger partial charge on any atom is -0.507 e. The van der Waals surface area contributed by atoms with E-state index < -0.39 is 0 Å². The number of hydrogen-bond donors (Lipinski definition) is 3. The molecule has 6 heteroatoms. The first kappa shape index (κ1) is 17.2. The molecule has 1 aliphatic heterocycles. The van der Waals surface area contributed by atoms with Gasteiger partial charge in [-0.15, -0.1) is 0 Å². The molecule has 0 radical (unpaired) electrons. The third-order valence-corrected chi connectivity index (χ3v) is 4.58. The van der Waals surface area contributed by atoms with E-state index in [4.69, 9.17) is 10.7 Å². The molecule has 1 unspecified atom stereocenters. The van der Waals surface area contributed by atoms with Gasteiger partial charge in [-0.3, -0.25) is 4.99 Å². The van der Waals surface area contributed by atoms with E-state index in [1.807, 2.05) is 48.7 Å². The van der Waals surface area contributed by atoms with Gasteiger partial charge in [-0.1, -0.05) is 30.3 Å². The Labute approximate surface area is 157 Å². The molecule has 0 aliphatic carbocycles. The minimum absolute atomic E-state index is 0.0581. The second-order valence-electron chi connectivity index (χ2n) is 6.60. The highest BCUT2D eigenvalue weighted by Gasteiger charge is 2.14. The lowest BCUT2D eigenvalue weighted by molar-refractivity contribution is 0.477. The number of nitrogens with zero attached hydrogens (tertiary/aromatic N) is 3. The van der Waals surface area contributed by atoms with E-state index in [0.29, 0.717) is 12.1 Å². The van der Waals surface area contributed by atoms with Gasteiger partial charge >= 0.3 is 0 Å². The molecule has 136 valence electrons. The molecular formula is C21H21N5O. The number of anilines is 1. The number of fused-ring (bicyclic) bond motifs is 1. The predicted octanol–water partition coefficient (Wildman–Crippen LogP) is 3.22. The van der Waals surface area contributed by atoms with E-state index in [9.17, 15) is 5.11 Å². The number of nitrogens with one attached hydrogen (secondary N) is 1. The fraction of sp³-hybridized carbons (Fsp3) is 0.190. The third-order valence-electron chi connectivity index (χ3n) is 4.58. The summed E-state index contributed by atoms with van der Waals surface area (Å²) in [6, 6.07) is 17.1. The Kier molecular flexibility index (Phi) is 4.80. The van der Waals surface area contributed by atoms with Gasteiger partial charge in [0.05, 0.1) is 17.3 Å². The molecule has 1 aliphatic rings. The fourth-order valence-corrected chi connectivity index (χ4v) is 3.21. The quantitative estimate of drug-likeness (QED) is 0.630. The van der Waals surface area contributed by atoms with Gasteiger partial charge < -0.3 is 16.2 Å². The summed E-state index contributed by atoms with van der Waals surface area (Å²) in [6.45, 7) is 0.605. The Balaban J connectivity index is 1.61. The first-order chi connectivity index (χ1) is 13.2. The van der Waals surface area contributed by atoms with Crippen molar-refractivity contribution in [3.05, 3.63) is 54.6 Å². The lowest BCUT2D eigenvalue weighted by atomic mass is 10.1. The minimum atomic E-state index is -0.0581. The Morgan fingerprint density at radius 1 is 1.11 bits per heavy atom. The number of rotatable bonds is 6. The number of aromatic hydroxyl groups is 1. The van der Waals surface area contributed by atoms with E-state index in [2.05, 4.69) is 15.3 Å². The van der Waals surface area contributed by atoms with Gasteiger partial charge in [-0.05, 0) is 30.7 Å². The monoisotopic (exact) mass is 359 g/mol. The average Bonchev–Trinajstić information content (AvgIpc) is 3.19. The highest BCUT2D eigenvalue weighted by atomic mass is 16.3. The molecule has 0 spiro atoms. The van der Waals surface area contributed by atoms with E-state index in [1.54, 1.807) is 18.5 Å². The number of nitrogens with two attached hydrogens (primary N) is 1. The van der Waals surface area contributed by atoms with Gasteiger partial charge in [0.2, 0.25) is 0 Å². The first-order valence-electron chi connectivity index (χ1n) is 8.93. The van der Waals surface area contributed by atoms with Crippen molar-refractivity contribution in [1.82, 2.24) is 4.98 Å². The van der Waals surface area contributed by atoms with Crippen LogP contribution in [0.15, 0.2) is 64.6 Å². The van der Waals surface area contributed by atoms with Crippen LogP contribution in [0.2, 0.25) is 0 Å². The van der Waals surface area contributed by atoms with Crippen molar-refractivity contribution < 1.29 is 5.11 Å². The Hall–Kier alpha value is -3.25. The van der Waals surface area contributed by atoms with Crippen LogP contribution in [0.1, 0.15) is 6.42 Å². The molecule has 3 aromatic rings. The van der Waals surface area contributed by atoms with Crippen LogP contribution in [-0.2, 0) is 0 Å². The number of phenols is 1. The molecule has 2 aromatic carbocycles. The molecule has 0 fully saturated rings. The summed E-state index contributed by atoms with van der Waals surface area (Å²) in [7, 11) is 0. The van der Waals surface area contributed by atoms with Crippen molar-refractivity contribution in [3.63, 3.8) is 0 Å². The molecule has 0 amide bonds. The Morgan fingerprint density at radius 3 is 2.74 bits per heavy atom. The first-order valence-corrected chi connectivity index (χ1v) is 8.93. The van der Waals surface area contributed by atoms with Crippen molar-refractivity contribution in [3.8, 4) is 17.0 Å². The molecule has 0 bridgehead atoms. The van der Waals surface area contributed by atoms with Gasteiger partial charge in [0.25, 0.3) is 0 Å². The molecule has 0 saturated heterocycles. The molecule has 0 saturated carbocycles.